The number of nitrogens with zero attached hydrogens (tertiary/aromatic N) is 1. The lowest BCUT2D eigenvalue weighted by Crippen LogP contribution is -2.48. The van der Waals surface area contributed by atoms with Gasteiger partial charge in [-0.1, -0.05) is 6.07 Å². The maximum Gasteiger partial charge on any atom is 0.228 e. The average molecular weight is 359 g/mol. The van der Waals surface area contributed by atoms with Crippen molar-refractivity contribution in [1.82, 2.24) is 10.2 Å². The van der Waals surface area contributed by atoms with Gasteiger partial charge in [-0.15, -0.1) is 0 Å². The molecule has 6 nitrogen and oxygen atoms in total. The molecule has 2 heterocycles. The first kappa shape index (κ1) is 17.0. The van der Waals surface area contributed by atoms with Gasteiger partial charge >= 0.3 is 0 Å². The van der Waals surface area contributed by atoms with E-state index in [2.05, 4.69) is 10.6 Å². The minimum atomic E-state index is -0.606. The molecule has 138 valence electrons. The van der Waals surface area contributed by atoms with Gasteiger partial charge in [-0.05, 0) is 43.4 Å². The number of anilines is 1. The van der Waals surface area contributed by atoms with Crippen molar-refractivity contribution in [1.29, 1.82) is 0 Å². The molecule has 3 aliphatic rings. The number of halogens is 1. The van der Waals surface area contributed by atoms with Crippen molar-refractivity contribution in [2.45, 2.75) is 44.1 Å². The number of benzene rings is 1. The molecule has 7 heteroatoms. The molecule has 1 aromatic rings. The smallest absolute Gasteiger partial charge is 0.228 e. The van der Waals surface area contributed by atoms with Crippen LogP contribution in [-0.2, 0) is 14.4 Å². The monoisotopic (exact) mass is 359 g/mol. The highest BCUT2D eigenvalue weighted by atomic mass is 19.1. The molecule has 1 saturated carbocycles. The van der Waals surface area contributed by atoms with E-state index in [-0.39, 0.29) is 36.1 Å². The highest BCUT2D eigenvalue weighted by Crippen LogP contribution is 2.34. The van der Waals surface area contributed by atoms with E-state index >= 15 is 0 Å². The van der Waals surface area contributed by atoms with Crippen molar-refractivity contribution < 1.29 is 18.8 Å². The van der Waals surface area contributed by atoms with Gasteiger partial charge in [0.25, 0.3) is 0 Å². The first-order valence-corrected chi connectivity index (χ1v) is 9.19. The Kier molecular flexibility index (Phi) is 4.38. The molecule has 1 saturated heterocycles. The van der Waals surface area contributed by atoms with Crippen LogP contribution >= 0.6 is 0 Å². The van der Waals surface area contributed by atoms with Gasteiger partial charge in [0, 0.05) is 37.2 Å². The third-order valence-corrected chi connectivity index (χ3v) is 5.45. The van der Waals surface area contributed by atoms with Crippen molar-refractivity contribution in [3.8, 4) is 0 Å². The zero-order valence-corrected chi connectivity index (χ0v) is 14.5. The van der Waals surface area contributed by atoms with Gasteiger partial charge in [-0.3, -0.25) is 14.4 Å². The fraction of sp³-hybridized carbons (Fsp3) is 0.526. The zero-order valence-electron chi connectivity index (χ0n) is 14.5. The largest absolute Gasteiger partial charge is 0.353 e. The predicted octanol–water partition coefficient (Wildman–Crippen LogP) is 1.77. The van der Waals surface area contributed by atoms with Crippen molar-refractivity contribution in [3.63, 3.8) is 0 Å². The van der Waals surface area contributed by atoms with Gasteiger partial charge in [-0.25, -0.2) is 4.39 Å². The summed E-state index contributed by atoms with van der Waals surface area (Å²) in [6.45, 7) is 1.32. The van der Waals surface area contributed by atoms with E-state index in [4.69, 9.17) is 0 Å². The van der Waals surface area contributed by atoms with E-state index in [1.165, 1.54) is 12.1 Å². The Labute approximate surface area is 151 Å². The number of carbonyl (C=O) groups excluding carboxylic acids is 3. The predicted molar refractivity (Wildman–Crippen MR) is 92.9 cm³/mol. The molecule has 0 radical (unpaired) electrons. The summed E-state index contributed by atoms with van der Waals surface area (Å²) in [6.07, 6.45) is 3.50. The minimum absolute atomic E-state index is 0.000334. The maximum atomic E-state index is 13.4. The van der Waals surface area contributed by atoms with Crippen LogP contribution in [0.1, 0.15) is 43.6 Å². The van der Waals surface area contributed by atoms with Crippen LogP contribution in [0.15, 0.2) is 18.2 Å². The van der Waals surface area contributed by atoms with E-state index in [9.17, 15) is 18.8 Å². The van der Waals surface area contributed by atoms with Crippen LogP contribution in [0, 0.1) is 11.7 Å². The number of piperidine rings is 1. The van der Waals surface area contributed by atoms with Crippen molar-refractivity contribution in [3.05, 3.63) is 29.6 Å². The first-order valence-electron chi connectivity index (χ1n) is 9.19. The molecule has 26 heavy (non-hydrogen) atoms. The van der Waals surface area contributed by atoms with Crippen molar-refractivity contribution in [2.24, 2.45) is 5.92 Å². The molecule has 1 unspecified atom stereocenters. The average Bonchev–Trinajstić information content (AvgIpc) is 3.45. The molecular weight excluding hydrogens is 337 g/mol. The molecule has 2 fully saturated rings. The molecule has 0 aromatic heterocycles. The normalized spacial score (nSPS) is 23.2. The second kappa shape index (κ2) is 6.70. The quantitative estimate of drug-likeness (QED) is 0.863. The lowest BCUT2D eigenvalue weighted by atomic mass is 9.89. The fourth-order valence-electron chi connectivity index (χ4n) is 3.81. The minimum Gasteiger partial charge on any atom is -0.353 e. The summed E-state index contributed by atoms with van der Waals surface area (Å²) in [7, 11) is 0. The number of rotatable bonds is 3. The second-order valence-corrected chi connectivity index (χ2v) is 7.42. The summed E-state index contributed by atoms with van der Waals surface area (Å²) in [4.78, 5) is 38.6. The maximum absolute atomic E-state index is 13.4. The number of likely N-dealkylation sites (tertiary alicyclic amines) is 1. The number of carbonyl (C=O) groups is 3. The molecule has 3 amide bonds. The molecule has 2 aliphatic heterocycles. The van der Waals surface area contributed by atoms with E-state index in [1.54, 1.807) is 6.07 Å². The summed E-state index contributed by atoms with van der Waals surface area (Å²) in [5.41, 5.74) is 1.01. The van der Waals surface area contributed by atoms with Gasteiger partial charge < -0.3 is 15.5 Å². The Morgan fingerprint density at radius 3 is 2.58 bits per heavy atom. The summed E-state index contributed by atoms with van der Waals surface area (Å²) in [6, 6.07) is 4.11. The van der Waals surface area contributed by atoms with Gasteiger partial charge in [0.2, 0.25) is 17.7 Å². The third kappa shape index (κ3) is 3.43. The van der Waals surface area contributed by atoms with Crippen molar-refractivity contribution >= 4 is 23.4 Å². The standard InChI is InChI=1S/C19H22FN3O3/c20-12-3-4-14-15(10-17(24)22-16(14)9-12)18(25)21-13-5-7-23(8-6-13)19(26)11-1-2-11/h3-4,9,11,13,15H,1-2,5-8,10H2,(H,21,25)(H,22,24). The Morgan fingerprint density at radius 2 is 1.88 bits per heavy atom. The highest BCUT2D eigenvalue weighted by Gasteiger charge is 2.36. The zero-order chi connectivity index (χ0) is 18.3. The SMILES string of the molecule is O=C1CC(C(=O)NC2CCN(C(=O)C3CC3)CC2)c2ccc(F)cc2N1. The summed E-state index contributed by atoms with van der Waals surface area (Å²) < 4.78 is 13.4. The number of hydrogen-bond donors (Lipinski definition) is 2. The summed E-state index contributed by atoms with van der Waals surface area (Å²) in [5.74, 6) is -1.08. The van der Waals surface area contributed by atoms with Crippen LogP contribution in [0.2, 0.25) is 0 Å². The van der Waals surface area contributed by atoms with Crippen LogP contribution in [0.3, 0.4) is 0 Å². The lowest BCUT2D eigenvalue weighted by molar-refractivity contribution is -0.134. The number of nitrogens with one attached hydrogen (secondary N) is 2. The fourth-order valence-corrected chi connectivity index (χ4v) is 3.81. The first-order chi connectivity index (χ1) is 12.5. The molecular formula is C19H22FN3O3. The molecule has 1 aliphatic carbocycles. The van der Waals surface area contributed by atoms with E-state index in [0.717, 1.165) is 25.7 Å². The molecule has 1 aromatic carbocycles. The Bertz CT molecular complexity index is 754. The van der Waals surface area contributed by atoms with Crippen LogP contribution in [-0.4, -0.2) is 41.8 Å². The third-order valence-electron chi connectivity index (χ3n) is 5.45. The summed E-state index contributed by atoms with van der Waals surface area (Å²) in [5, 5.41) is 5.64. The van der Waals surface area contributed by atoms with Gasteiger partial charge in [0.05, 0.1) is 5.92 Å². The molecule has 1 atom stereocenters. The topological polar surface area (TPSA) is 78.5 Å². The molecule has 2 N–H and O–H groups in total. The van der Waals surface area contributed by atoms with Gasteiger partial charge in [-0.2, -0.15) is 0 Å². The van der Waals surface area contributed by atoms with Gasteiger partial charge in [0.1, 0.15) is 5.82 Å². The highest BCUT2D eigenvalue weighted by molar-refractivity contribution is 6.01. The molecule has 0 spiro atoms. The Morgan fingerprint density at radius 1 is 1.15 bits per heavy atom. The van der Waals surface area contributed by atoms with Crippen LogP contribution in [0.4, 0.5) is 10.1 Å². The van der Waals surface area contributed by atoms with Crippen LogP contribution in [0.25, 0.3) is 0 Å². The Balaban J connectivity index is 1.38. The molecule has 4 rings (SSSR count). The van der Waals surface area contributed by atoms with E-state index in [0.29, 0.717) is 24.3 Å². The van der Waals surface area contributed by atoms with Crippen LogP contribution < -0.4 is 10.6 Å². The Hall–Kier alpha value is -2.44. The second-order valence-electron chi connectivity index (χ2n) is 7.42. The molecule has 0 bridgehead atoms. The summed E-state index contributed by atoms with van der Waals surface area (Å²) >= 11 is 0. The van der Waals surface area contributed by atoms with E-state index in [1.807, 2.05) is 4.90 Å². The van der Waals surface area contributed by atoms with Crippen molar-refractivity contribution in [2.75, 3.05) is 18.4 Å². The van der Waals surface area contributed by atoms with Crippen LogP contribution in [0.5, 0.6) is 0 Å². The van der Waals surface area contributed by atoms with E-state index < -0.39 is 11.7 Å². The lowest BCUT2D eigenvalue weighted by Gasteiger charge is -2.34. The van der Waals surface area contributed by atoms with Gasteiger partial charge in [0.15, 0.2) is 0 Å². The number of amides is 3. The number of hydrogen-bond acceptors (Lipinski definition) is 3. The number of fused-ring (bicyclic) bond motifs is 1.